The van der Waals surface area contributed by atoms with Crippen LogP contribution in [0.3, 0.4) is 0 Å². The van der Waals surface area contributed by atoms with Crippen LogP contribution in [0.25, 0.3) is 95.1 Å². The topological polar surface area (TPSA) is 48.5 Å². The Hall–Kier alpha value is -6.85. The number of nitrogens with zero attached hydrogens (tertiary/aromatic N) is 5. The second-order valence-corrected chi connectivity index (χ2v) is 13.0. The minimum absolute atomic E-state index is 0.844. The second-order valence-electron chi connectivity index (χ2n) is 13.0. The molecule has 0 N–H and O–H groups in total. The van der Waals surface area contributed by atoms with E-state index >= 15 is 0 Å². The minimum atomic E-state index is 0.844. The maximum atomic E-state index is 4.93. The number of aromatic nitrogens is 5. The molecule has 240 valence electrons. The van der Waals surface area contributed by atoms with E-state index < -0.39 is 0 Å². The number of para-hydroxylation sites is 2. The lowest BCUT2D eigenvalue weighted by Crippen LogP contribution is -2.02. The first kappa shape index (κ1) is 29.1. The highest BCUT2D eigenvalue weighted by atomic mass is 15.0. The maximum absolute atomic E-state index is 4.93. The molecule has 0 amide bonds. The van der Waals surface area contributed by atoms with Gasteiger partial charge in [-0.25, -0.2) is 4.98 Å². The molecule has 9 aromatic rings. The number of hydrogen-bond acceptors (Lipinski definition) is 3. The van der Waals surface area contributed by atoms with Gasteiger partial charge >= 0.3 is 0 Å². The minimum Gasteiger partial charge on any atom is -0.310 e. The quantitative estimate of drug-likeness (QED) is 0.178. The summed E-state index contributed by atoms with van der Waals surface area (Å²) in [4.78, 5) is 14.6. The molecule has 0 unspecified atom stereocenters. The summed E-state index contributed by atoms with van der Waals surface area (Å²) in [5.74, 6) is 0. The molecule has 10 rings (SSSR count). The summed E-state index contributed by atoms with van der Waals surface area (Å²) in [6.07, 6.45) is 9.87. The van der Waals surface area contributed by atoms with Gasteiger partial charge in [-0.15, -0.1) is 0 Å². The van der Waals surface area contributed by atoms with Crippen molar-refractivity contribution in [1.29, 1.82) is 0 Å². The zero-order valence-electron chi connectivity index (χ0n) is 28.0. The summed E-state index contributed by atoms with van der Waals surface area (Å²) in [6, 6.07) is 44.9. The van der Waals surface area contributed by atoms with Gasteiger partial charge in [-0.3, -0.25) is 14.5 Å². The van der Waals surface area contributed by atoms with E-state index in [4.69, 9.17) is 15.0 Å². The number of aryl methyl sites for hydroxylation is 1. The molecule has 1 aliphatic carbocycles. The van der Waals surface area contributed by atoms with Gasteiger partial charge in [0.1, 0.15) is 5.65 Å². The molecule has 0 atom stereocenters. The Kier molecular flexibility index (Phi) is 6.48. The van der Waals surface area contributed by atoms with Gasteiger partial charge in [0.2, 0.25) is 0 Å². The molecule has 0 saturated heterocycles. The van der Waals surface area contributed by atoms with E-state index in [2.05, 4.69) is 144 Å². The SMILES string of the molecule is C=C(/C=C\c1c(C)c2ccccc2n1-c1ccc2c(c1)-c1cccnc1-c1ncccc1-c1ccccc1-2)n1c2ccccc2c2cccnc21. The third-order valence-corrected chi connectivity index (χ3v) is 10.2. The van der Waals surface area contributed by atoms with Crippen LogP contribution < -0.4 is 0 Å². The third-order valence-electron chi connectivity index (χ3n) is 10.2. The number of pyridine rings is 3. The standard InChI is InChI=1S/C46H31N5/c1-29(50-43-20-8-6-15-36(43)39-18-11-27-49-46(39)50)21-24-41-30(2)32-12-5-7-19-42(32)51(41)31-22-23-35-33-13-3-4-14-34(33)37-16-9-25-47-44(37)45-38(40(35)28-31)17-10-26-48-45/h3-28H,1H2,2H3/b24-21-,35-33?,37-34?,40-38?,45-44?. The summed E-state index contributed by atoms with van der Waals surface area (Å²) >= 11 is 0. The predicted octanol–water partition coefficient (Wildman–Crippen LogP) is 11.4. The molecule has 0 spiro atoms. The molecule has 0 radical (unpaired) electrons. The van der Waals surface area contributed by atoms with Crippen molar-refractivity contribution in [3.63, 3.8) is 0 Å². The van der Waals surface area contributed by atoms with E-state index in [1.165, 1.54) is 16.5 Å². The number of benzene rings is 4. The Labute approximate surface area is 295 Å². The van der Waals surface area contributed by atoms with Crippen molar-refractivity contribution in [2.75, 3.05) is 0 Å². The molecule has 5 nitrogen and oxygen atoms in total. The van der Waals surface area contributed by atoms with Crippen LogP contribution in [0.5, 0.6) is 0 Å². The summed E-state index contributed by atoms with van der Waals surface area (Å²) < 4.78 is 4.52. The van der Waals surface area contributed by atoms with Gasteiger partial charge in [0.15, 0.2) is 0 Å². The van der Waals surface area contributed by atoms with Crippen molar-refractivity contribution in [2.45, 2.75) is 6.92 Å². The fourth-order valence-corrected chi connectivity index (χ4v) is 7.94. The van der Waals surface area contributed by atoms with Crippen molar-refractivity contribution in [2.24, 2.45) is 0 Å². The zero-order valence-corrected chi connectivity index (χ0v) is 28.0. The number of fused-ring (bicyclic) bond motifs is 12. The van der Waals surface area contributed by atoms with Crippen LogP contribution in [0, 0.1) is 6.92 Å². The summed E-state index contributed by atoms with van der Waals surface area (Å²) in [5, 5.41) is 3.48. The van der Waals surface area contributed by atoms with Crippen LogP contribution in [0.4, 0.5) is 0 Å². The molecule has 5 heteroatoms. The monoisotopic (exact) mass is 653 g/mol. The lowest BCUT2D eigenvalue weighted by atomic mass is 9.84. The summed E-state index contributed by atoms with van der Waals surface area (Å²) in [5.41, 5.74) is 15.8. The second kappa shape index (κ2) is 11.4. The molecule has 0 bridgehead atoms. The Morgan fingerprint density at radius 3 is 1.90 bits per heavy atom. The molecule has 5 heterocycles. The van der Waals surface area contributed by atoms with Crippen LogP contribution in [0.1, 0.15) is 11.3 Å². The zero-order chi connectivity index (χ0) is 34.1. The number of hydrogen-bond donors (Lipinski definition) is 0. The lowest BCUT2D eigenvalue weighted by Gasteiger charge is -2.22. The summed E-state index contributed by atoms with van der Waals surface area (Å²) in [7, 11) is 0. The Morgan fingerprint density at radius 1 is 0.549 bits per heavy atom. The maximum Gasteiger partial charge on any atom is 0.145 e. The van der Waals surface area contributed by atoms with E-state index in [0.29, 0.717) is 0 Å². The van der Waals surface area contributed by atoms with Crippen LogP contribution >= 0.6 is 0 Å². The molecule has 0 saturated carbocycles. The first-order chi connectivity index (χ1) is 25.2. The van der Waals surface area contributed by atoms with E-state index in [1.807, 2.05) is 36.8 Å². The largest absolute Gasteiger partial charge is 0.310 e. The molecule has 0 fully saturated rings. The van der Waals surface area contributed by atoms with E-state index in [9.17, 15) is 0 Å². The van der Waals surface area contributed by atoms with Gasteiger partial charge in [-0.2, -0.15) is 0 Å². The van der Waals surface area contributed by atoms with Gasteiger partial charge in [0, 0.05) is 63.0 Å². The molecule has 0 aliphatic heterocycles. The molecule has 1 aliphatic rings. The van der Waals surface area contributed by atoms with Crippen LogP contribution in [0.15, 0.2) is 159 Å². The Morgan fingerprint density at radius 2 is 1.12 bits per heavy atom. The van der Waals surface area contributed by atoms with Crippen LogP contribution in [-0.2, 0) is 0 Å². The highest BCUT2D eigenvalue weighted by Gasteiger charge is 2.24. The van der Waals surface area contributed by atoms with Gasteiger partial charge in [0.05, 0.1) is 22.4 Å². The van der Waals surface area contributed by atoms with Gasteiger partial charge < -0.3 is 4.57 Å². The molecular weight excluding hydrogens is 623 g/mol. The van der Waals surface area contributed by atoms with E-state index in [0.717, 1.165) is 83.7 Å². The average Bonchev–Trinajstić information content (AvgIpc) is 3.68. The molecule has 5 aromatic heterocycles. The molecule has 4 aromatic carbocycles. The predicted molar refractivity (Wildman–Crippen MR) is 211 cm³/mol. The summed E-state index contributed by atoms with van der Waals surface area (Å²) in [6.45, 7) is 6.76. The fourth-order valence-electron chi connectivity index (χ4n) is 7.94. The van der Waals surface area contributed by atoms with Crippen molar-refractivity contribution in [1.82, 2.24) is 24.1 Å². The van der Waals surface area contributed by atoms with Crippen molar-refractivity contribution in [3.8, 4) is 50.5 Å². The highest BCUT2D eigenvalue weighted by molar-refractivity contribution is 6.09. The third kappa shape index (κ3) is 4.38. The normalized spacial score (nSPS) is 12.0. The highest BCUT2D eigenvalue weighted by Crippen LogP contribution is 2.47. The van der Waals surface area contributed by atoms with E-state index in [1.54, 1.807) is 0 Å². The smallest absolute Gasteiger partial charge is 0.145 e. The molecule has 51 heavy (non-hydrogen) atoms. The molecular formula is C46H31N5. The number of rotatable bonds is 4. The Balaban J connectivity index is 1.18. The number of allylic oxidation sites excluding steroid dienone is 2. The van der Waals surface area contributed by atoms with Crippen LogP contribution in [-0.4, -0.2) is 24.1 Å². The Bertz CT molecular complexity index is 2840. The lowest BCUT2D eigenvalue weighted by molar-refractivity contribution is 1.10. The first-order valence-corrected chi connectivity index (χ1v) is 17.1. The average molecular weight is 654 g/mol. The van der Waals surface area contributed by atoms with Gasteiger partial charge in [-0.1, -0.05) is 85.4 Å². The van der Waals surface area contributed by atoms with Gasteiger partial charge in [0.25, 0.3) is 0 Å². The van der Waals surface area contributed by atoms with Crippen molar-refractivity contribution < 1.29 is 0 Å². The van der Waals surface area contributed by atoms with Gasteiger partial charge in [-0.05, 0) is 95.4 Å². The van der Waals surface area contributed by atoms with Crippen LogP contribution in [0.2, 0.25) is 0 Å². The fraction of sp³-hybridized carbons (Fsp3) is 0.0217. The van der Waals surface area contributed by atoms with E-state index in [-0.39, 0.29) is 0 Å². The van der Waals surface area contributed by atoms with Crippen molar-refractivity contribution in [3.05, 3.63) is 170 Å². The first-order valence-electron chi connectivity index (χ1n) is 17.1. The van der Waals surface area contributed by atoms with Crippen molar-refractivity contribution >= 4 is 44.6 Å².